The third-order valence-electron chi connectivity index (χ3n) is 3.05. The molecule has 0 bridgehead atoms. The number of thioether (sulfide) groups is 1. The monoisotopic (exact) mass is 400 g/mol. The number of aliphatic carboxylic acids is 1. The quantitative estimate of drug-likeness (QED) is 0.519. The zero-order chi connectivity index (χ0) is 18.2. The first-order valence-corrected chi connectivity index (χ1v) is 8.91. The van der Waals surface area contributed by atoms with E-state index in [1.807, 2.05) is 6.07 Å². The Kier molecular flexibility index (Phi) is 7.36. The second-order valence-electron chi connectivity index (χ2n) is 4.88. The molecule has 25 heavy (non-hydrogen) atoms. The third-order valence-corrected chi connectivity index (χ3v) is 4.37. The van der Waals surface area contributed by atoms with E-state index in [4.69, 9.17) is 27.6 Å². The van der Waals surface area contributed by atoms with Crippen LogP contribution in [-0.2, 0) is 21.8 Å². The van der Waals surface area contributed by atoms with Crippen LogP contribution in [-0.4, -0.2) is 28.0 Å². The van der Waals surface area contributed by atoms with Crippen molar-refractivity contribution in [3.63, 3.8) is 0 Å². The van der Waals surface area contributed by atoms with Gasteiger partial charge in [-0.2, -0.15) is 0 Å². The van der Waals surface area contributed by atoms with Gasteiger partial charge in [0.25, 0.3) is 0 Å². The fraction of sp³-hybridized carbons (Fsp3) is 0.188. The molecule has 0 fully saturated rings. The Morgan fingerprint density at radius 3 is 2.80 bits per heavy atom. The van der Waals surface area contributed by atoms with Crippen LogP contribution in [0, 0.1) is 0 Å². The SMILES string of the molecule is O=C(/C=C/SCc1ccco1)NC(Cc1ccc(Cl)nc1Cl)C(=O)O. The molecule has 1 atom stereocenters. The number of pyridine rings is 1. The lowest BCUT2D eigenvalue weighted by Crippen LogP contribution is -2.41. The molecule has 0 spiro atoms. The van der Waals surface area contributed by atoms with Crippen LogP contribution in [0.1, 0.15) is 11.3 Å². The van der Waals surface area contributed by atoms with Crippen LogP contribution in [0.3, 0.4) is 0 Å². The summed E-state index contributed by atoms with van der Waals surface area (Å²) in [5.74, 6) is -0.331. The summed E-state index contributed by atoms with van der Waals surface area (Å²) in [5.41, 5.74) is 0.481. The molecule has 9 heteroatoms. The number of carbonyl (C=O) groups is 2. The summed E-state index contributed by atoms with van der Waals surface area (Å²) in [7, 11) is 0. The number of carboxylic acids is 1. The Hall–Kier alpha value is -1.96. The predicted octanol–water partition coefficient (Wildman–Crippen LogP) is 3.54. The summed E-state index contributed by atoms with van der Waals surface area (Å²) in [6.07, 6.45) is 2.84. The van der Waals surface area contributed by atoms with Crippen molar-refractivity contribution < 1.29 is 19.1 Å². The number of furan rings is 1. The summed E-state index contributed by atoms with van der Waals surface area (Å²) < 4.78 is 5.16. The maximum atomic E-state index is 11.9. The molecule has 2 N–H and O–H groups in total. The zero-order valence-corrected chi connectivity index (χ0v) is 15.1. The number of nitrogens with zero attached hydrogens (tertiary/aromatic N) is 1. The van der Waals surface area contributed by atoms with Gasteiger partial charge in [0.1, 0.15) is 22.1 Å². The van der Waals surface area contributed by atoms with Crippen LogP contribution >= 0.6 is 35.0 Å². The van der Waals surface area contributed by atoms with Crippen molar-refractivity contribution in [1.29, 1.82) is 0 Å². The molecule has 0 aliphatic rings. The highest BCUT2D eigenvalue weighted by molar-refractivity contribution is 8.01. The lowest BCUT2D eigenvalue weighted by molar-refractivity contribution is -0.141. The number of aromatic nitrogens is 1. The number of halogens is 2. The standard InChI is InChI=1S/C16H14Cl2N2O4S/c17-13-4-3-10(15(18)20-13)8-12(16(22)23)19-14(21)5-7-25-9-11-2-1-6-24-11/h1-7,12H,8-9H2,(H,19,21)(H,22,23)/b7-5+. The molecule has 2 rings (SSSR count). The minimum atomic E-state index is -1.17. The lowest BCUT2D eigenvalue weighted by atomic mass is 10.1. The van der Waals surface area contributed by atoms with E-state index in [-0.39, 0.29) is 16.7 Å². The second kappa shape index (κ2) is 9.50. The maximum Gasteiger partial charge on any atom is 0.326 e. The normalized spacial score (nSPS) is 12.2. The molecule has 0 saturated carbocycles. The average Bonchev–Trinajstić information content (AvgIpc) is 3.06. The van der Waals surface area contributed by atoms with Gasteiger partial charge in [0.05, 0.1) is 12.0 Å². The van der Waals surface area contributed by atoms with Crippen molar-refractivity contribution in [3.8, 4) is 0 Å². The molecular weight excluding hydrogens is 387 g/mol. The highest BCUT2D eigenvalue weighted by atomic mass is 35.5. The Balaban J connectivity index is 1.89. The van der Waals surface area contributed by atoms with Gasteiger partial charge >= 0.3 is 5.97 Å². The zero-order valence-electron chi connectivity index (χ0n) is 12.8. The van der Waals surface area contributed by atoms with Crippen molar-refractivity contribution in [2.24, 2.45) is 0 Å². The van der Waals surface area contributed by atoms with Crippen LogP contribution in [0.2, 0.25) is 10.3 Å². The maximum absolute atomic E-state index is 11.9. The summed E-state index contributed by atoms with van der Waals surface area (Å²) >= 11 is 13.0. The van der Waals surface area contributed by atoms with Gasteiger partial charge in [0.2, 0.25) is 5.91 Å². The Labute approximate surface area is 158 Å². The Morgan fingerprint density at radius 1 is 1.36 bits per heavy atom. The average molecular weight is 401 g/mol. The predicted molar refractivity (Wildman–Crippen MR) is 96.7 cm³/mol. The van der Waals surface area contributed by atoms with Crippen LogP contribution in [0.15, 0.2) is 46.4 Å². The van der Waals surface area contributed by atoms with Crippen molar-refractivity contribution in [2.45, 2.75) is 18.2 Å². The number of amides is 1. The topological polar surface area (TPSA) is 92.4 Å². The van der Waals surface area contributed by atoms with Gasteiger partial charge in [-0.1, -0.05) is 29.3 Å². The van der Waals surface area contributed by atoms with E-state index in [2.05, 4.69) is 10.3 Å². The van der Waals surface area contributed by atoms with Crippen LogP contribution in [0.4, 0.5) is 0 Å². The van der Waals surface area contributed by atoms with E-state index >= 15 is 0 Å². The molecule has 1 amide bonds. The van der Waals surface area contributed by atoms with E-state index in [0.29, 0.717) is 11.3 Å². The van der Waals surface area contributed by atoms with Gasteiger partial charge in [-0.3, -0.25) is 4.79 Å². The fourth-order valence-corrected chi connectivity index (χ4v) is 2.93. The molecule has 132 valence electrons. The molecule has 2 aromatic heterocycles. The number of nitrogens with one attached hydrogen (secondary N) is 1. The van der Waals surface area contributed by atoms with Gasteiger partial charge in [-0.15, -0.1) is 11.8 Å². The Bertz CT molecular complexity index is 766. The molecule has 1 unspecified atom stereocenters. The number of hydrogen-bond acceptors (Lipinski definition) is 5. The minimum Gasteiger partial charge on any atom is -0.480 e. The molecule has 6 nitrogen and oxygen atoms in total. The van der Waals surface area contributed by atoms with E-state index < -0.39 is 17.9 Å². The third kappa shape index (κ3) is 6.45. The summed E-state index contributed by atoms with van der Waals surface area (Å²) in [6.45, 7) is 0. The molecule has 0 saturated heterocycles. The smallest absolute Gasteiger partial charge is 0.326 e. The molecular formula is C16H14Cl2N2O4S. The second-order valence-corrected chi connectivity index (χ2v) is 6.52. The van der Waals surface area contributed by atoms with Crippen LogP contribution < -0.4 is 5.32 Å². The van der Waals surface area contributed by atoms with Gasteiger partial charge in [-0.25, -0.2) is 9.78 Å². The van der Waals surface area contributed by atoms with Gasteiger partial charge in [0, 0.05) is 12.5 Å². The first-order chi connectivity index (χ1) is 12.0. The van der Waals surface area contributed by atoms with Crippen molar-refractivity contribution in [3.05, 3.63) is 63.6 Å². The van der Waals surface area contributed by atoms with Crippen molar-refractivity contribution >= 4 is 46.8 Å². The van der Waals surface area contributed by atoms with Gasteiger partial charge < -0.3 is 14.8 Å². The summed E-state index contributed by atoms with van der Waals surface area (Å²) in [4.78, 5) is 27.1. The highest BCUT2D eigenvalue weighted by Gasteiger charge is 2.21. The summed E-state index contributed by atoms with van der Waals surface area (Å²) in [5, 5.41) is 13.6. The molecule has 0 radical (unpaired) electrons. The van der Waals surface area contributed by atoms with E-state index in [1.165, 1.54) is 23.9 Å². The Morgan fingerprint density at radius 2 is 2.16 bits per heavy atom. The van der Waals surface area contributed by atoms with E-state index in [0.717, 1.165) is 5.76 Å². The van der Waals surface area contributed by atoms with Gasteiger partial charge in [-0.05, 0) is 29.2 Å². The highest BCUT2D eigenvalue weighted by Crippen LogP contribution is 2.18. The van der Waals surface area contributed by atoms with E-state index in [1.54, 1.807) is 23.8 Å². The molecule has 0 aliphatic heterocycles. The first kappa shape index (κ1) is 19.4. The van der Waals surface area contributed by atoms with E-state index in [9.17, 15) is 14.7 Å². The molecule has 2 aromatic rings. The number of rotatable bonds is 8. The largest absolute Gasteiger partial charge is 0.480 e. The minimum absolute atomic E-state index is 0.00253. The molecule has 2 heterocycles. The van der Waals surface area contributed by atoms with Crippen LogP contribution in [0.5, 0.6) is 0 Å². The van der Waals surface area contributed by atoms with Crippen molar-refractivity contribution in [1.82, 2.24) is 10.3 Å². The van der Waals surface area contributed by atoms with Crippen molar-refractivity contribution in [2.75, 3.05) is 0 Å². The molecule has 0 aliphatic carbocycles. The number of carbonyl (C=O) groups excluding carboxylic acids is 1. The molecule has 0 aromatic carbocycles. The van der Waals surface area contributed by atoms with Crippen LogP contribution in [0.25, 0.3) is 0 Å². The number of carboxylic acid groups (broad SMARTS) is 1. The summed E-state index contributed by atoms with van der Waals surface area (Å²) in [6, 6.07) is 5.56. The fourth-order valence-electron chi connectivity index (χ4n) is 1.87. The first-order valence-electron chi connectivity index (χ1n) is 7.10. The van der Waals surface area contributed by atoms with Gasteiger partial charge in [0.15, 0.2) is 0 Å². The number of hydrogen-bond donors (Lipinski definition) is 2. The lowest BCUT2D eigenvalue weighted by Gasteiger charge is -2.14.